The Kier molecular flexibility index (Phi) is 6.97. The number of nitrogens with one attached hydrogen (secondary N) is 1. The second-order valence-electron chi connectivity index (χ2n) is 10.5. The highest BCUT2D eigenvalue weighted by Crippen LogP contribution is 2.27. The predicted octanol–water partition coefficient (Wildman–Crippen LogP) is 6.12. The summed E-state index contributed by atoms with van der Waals surface area (Å²) < 4.78 is 1.78. The summed E-state index contributed by atoms with van der Waals surface area (Å²) in [6, 6.07) is 23.2. The molecule has 186 valence electrons. The highest BCUT2D eigenvalue weighted by molar-refractivity contribution is 6.08. The molecule has 6 nitrogen and oxygen atoms in total. The van der Waals surface area contributed by atoms with Gasteiger partial charge >= 0.3 is 0 Å². The summed E-state index contributed by atoms with van der Waals surface area (Å²) in [7, 11) is 0. The number of carbonyl (C=O) groups is 2. The number of amides is 2. The van der Waals surface area contributed by atoms with Gasteiger partial charge in [-0.05, 0) is 49.2 Å². The molecule has 0 saturated heterocycles. The molecule has 1 N–H and O–H groups in total. The minimum atomic E-state index is -0.271. The highest BCUT2D eigenvalue weighted by atomic mass is 16.2. The van der Waals surface area contributed by atoms with Gasteiger partial charge in [-0.1, -0.05) is 75.4 Å². The summed E-state index contributed by atoms with van der Waals surface area (Å²) in [6.45, 7) is 12.1. The summed E-state index contributed by atoms with van der Waals surface area (Å²) in [5, 5.41) is 9.72. The van der Waals surface area contributed by atoms with Gasteiger partial charge in [-0.15, -0.1) is 0 Å². The average molecular weight is 483 g/mol. The van der Waals surface area contributed by atoms with E-state index in [0.717, 1.165) is 27.7 Å². The van der Waals surface area contributed by atoms with Gasteiger partial charge in [0.05, 0.1) is 11.4 Å². The first-order valence-corrected chi connectivity index (χ1v) is 12.3. The van der Waals surface area contributed by atoms with E-state index in [9.17, 15) is 9.59 Å². The number of rotatable bonds is 6. The number of aromatic nitrogens is 2. The lowest BCUT2D eigenvalue weighted by atomic mass is 9.92. The number of hydrogen-bond donors (Lipinski definition) is 1. The van der Waals surface area contributed by atoms with Crippen LogP contribution in [-0.4, -0.2) is 39.1 Å². The van der Waals surface area contributed by atoms with Crippen LogP contribution < -0.4 is 5.32 Å². The Bertz CT molecular complexity index is 1410. The molecule has 0 aliphatic carbocycles. The molecule has 0 aliphatic rings. The zero-order chi connectivity index (χ0) is 26.0. The molecule has 0 unspecified atom stereocenters. The SMILES string of the molecule is Cc1ccccc1-n1nc(C(C)(C)C)cc1NC(=O)CN(C(=O)c1cccc2ccccc12)C(C)C. The molecular formula is C30H34N4O2. The number of para-hydroxylation sites is 1. The first-order chi connectivity index (χ1) is 17.1. The van der Waals surface area contributed by atoms with Gasteiger partial charge in [-0.2, -0.15) is 5.10 Å². The summed E-state index contributed by atoms with van der Waals surface area (Å²) in [6.07, 6.45) is 0. The van der Waals surface area contributed by atoms with Crippen molar-refractivity contribution in [3.8, 4) is 5.69 Å². The molecule has 0 radical (unpaired) electrons. The van der Waals surface area contributed by atoms with Crippen LogP contribution in [0.1, 0.15) is 56.2 Å². The molecule has 1 aromatic heterocycles. The van der Waals surface area contributed by atoms with Crippen LogP contribution >= 0.6 is 0 Å². The summed E-state index contributed by atoms with van der Waals surface area (Å²) in [4.78, 5) is 28.5. The van der Waals surface area contributed by atoms with Crippen molar-refractivity contribution in [1.82, 2.24) is 14.7 Å². The van der Waals surface area contributed by atoms with Crippen LogP contribution in [0, 0.1) is 6.92 Å². The molecule has 0 spiro atoms. The van der Waals surface area contributed by atoms with Crippen molar-refractivity contribution in [2.75, 3.05) is 11.9 Å². The summed E-state index contributed by atoms with van der Waals surface area (Å²) in [5.41, 5.74) is 3.22. The third-order valence-electron chi connectivity index (χ3n) is 6.31. The standard InChI is InChI=1S/C30H34N4O2/c1-20(2)33(29(36)24-16-11-14-22-13-8-9-15-23(22)24)19-28(35)31-27-18-26(30(4,5)6)32-34(27)25-17-10-7-12-21(25)3/h7-18,20H,19H2,1-6H3,(H,31,35). The molecule has 0 aliphatic heterocycles. The van der Waals surface area contributed by atoms with Crippen molar-refractivity contribution >= 4 is 28.4 Å². The first-order valence-electron chi connectivity index (χ1n) is 12.3. The van der Waals surface area contributed by atoms with Gasteiger partial charge in [-0.25, -0.2) is 4.68 Å². The average Bonchev–Trinajstić information content (AvgIpc) is 3.26. The fourth-order valence-electron chi connectivity index (χ4n) is 4.21. The molecule has 4 rings (SSSR count). The molecule has 0 bridgehead atoms. The van der Waals surface area contributed by atoms with Gasteiger partial charge in [0, 0.05) is 23.1 Å². The predicted molar refractivity (Wildman–Crippen MR) is 146 cm³/mol. The lowest BCUT2D eigenvalue weighted by molar-refractivity contribution is -0.117. The third-order valence-corrected chi connectivity index (χ3v) is 6.31. The third kappa shape index (κ3) is 5.18. The molecule has 3 aromatic carbocycles. The maximum atomic E-state index is 13.6. The Morgan fingerprint density at radius 2 is 1.64 bits per heavy atom. The van der Waals surface area contributed by atoms with E-state index in [1.54, 1.807) is 9.58 Å². The number of carbonyl (C=O) groups excluding carboxylic acids is 2. The van der Waals surface area contributed by atoms with E-state index in [0.29, 0.717) is 11.4 Å². The van der Waals surface area contributed by atoms with Crippen LogP contribution in [0.4, 0.5) is 5.82 Å². The van der Waals surface area contributed by atoms with Crippen LogP contribution in [0.2, 0.25) is 0 Å². The minimum Gasteiger partial charge on any atom is -0.327 e. The second kappa shape index (κ2) is 9.97. The van der Waals surface area contributed by atoms with Gasteiger partial charge in [-0.3, -0.25) is 9.59 Å². The summed E-state index contributed by atoms with van der Waals surface area (Å²) in [5.74, 6) is 0.146. The zero-order valence-electron chi connectivity index (χ0n) is 21.9. The Morgan fingerprint density at radius 3 is 2.33 bits per heavy atom. The van der Waals surface area contributed by atoms with Crippen molar-refractivity contribution in [2.45, 2.75) is 53.0 Å². The van der Waals surface area contributed by atoms with Crippen LogP contribution in [0.3, 0.4) is 0 Å². The number of benzene rings is 3. The van der Waals surface area contributed by atoms with Gasteiger partial charge in [0.15, 0.2) is 0 Å². The van der Waals surface area contributed by atoms with E-state index in [1.165, 1.54) is 0 Å². The van der Waals surface area contributed by atoms with Crippen molar-refractivity contribution in [3.63, 3.8) is 0 Å². The molecule has 4 aromatic rings. The van der Waals surface area contributed by atoms with Gasteiger partial charge in [0.1, 0.15) is 12.4 Å². The Balaban J connectivity index is 1.63. The van der Waals surface area contributed by atoms with Gasteiger partial charge in [0.25, 0.3) is 5.91 Å². The molecule has 2 amide bonds. The Labute approximate surface area is 212 Å². The van der Waals surface area contributed by atoms with E-state index in [2.05, 4.69) is 26.1 Å². The molecule has 1 heterocycles. The fraction of sp³-hybridized carbons (Fsp3) is 0.300. The van der Waals surface area contributed by atoms with Crippen LogP contribution in [0.25, 0.3) is 16.5 Å². The smallest absolute Gasteiger partial charge is 0.255 e. The van der Waals surface area contributed by atoms with E-state index in [4.69, 9.17) is 5.10 Å². The maximum Gasteiger partial charge on any atom is 0.255 e. The lowest BCUT2D eigenvalue weighted by Crippen LogP contribution is -2.42. The fourth-order valence-corrected chi connectivity index (χ4v) is 4.21. The number of hydrogen-bond acceptors (Lipinski definition) is 3. The number of nitrogens with zero attached hydrogens (tertiary/aromatic N) is 3. The molecule has 36 heavy (non-hydrogen) atoms. The molecule has 0 saturated carbocycles. The first kappa shape index (κ1) is 25.2. The monoisotopic (exact) mass is 482 g/mol. The minimum absolute atomic E-state index is 0.0659. The second-order valence-corrected chi connectivity index (χ2v) is 10.5. The number of anilines is 1. The number of fused-ring (bicyclic) bond motifs is 1. The van der Waals surface area contributed by atoms with E-state index in [1.807, 2.05) is 93.6 Å². The lowest BCUT2D eigenvalue weighted by Gasteiger charge is -2.27. The maximum absolute atomic E-state index is 13.6. The Hall–Kier alpha value is -3.93. The Morgan fingerprint density at radius 1 is 0.972 bits per heavy atom. The van der Waals surface area contributed by atoms with Gasteiger partial charge in [0.2, 0.25) is 5.91 Å². The molecule has 0 atom stereocenters. The zero-order valence-corrected chi connectivity index (χ0v) is 21.9. The summed E-state index contributed by atoms with van der Waals surface area (Å²) >= 11 is 0. The van der Waals surface area contributed by atoms with E-state index in [-0.39, 0.29) is 29.8 Å². The van der Waals surface area contributed by atoms with Crippen molar-refractivity contribution in [3.05, 3.63) is 89.6 Å². The number of aryl methyl sites for hydroxylation is 1. The largest absolute Gasteiger partial charge is 0.327 e. The van der Waals surface area contributed by atoms with Crippen LogP contribution in [-0.2, 0) is 10.2 Å². The van der Waals surface area contributed by atoms with E-state index >= 15 is 0 Å². The van der Waals surface area contributed by atoms with Crippen molar-refractivity contribution in [1.29, 1.82) is 0 Å². The van der Waals surface area contributed by atoms with E-state index < -0.39 is 0 Å². The topological polar surface area (TPSA) is 67.2 Å². The van der Waals surface area contributed by atoms with Crippen LogP contribution in [0.15, 0.2) is 72.8 Å². The van der Waals surface area contributed by atoms with Gasteiger partial charge < -0.3 is 10.2 Å². The normalized spacial score (nSPS) is 11.6. The molecular weight excluding hydrogens is 448 g/mol. The molecule has 6 heteroatoms. The quantitative estimate of drug-likeness (QED) is 0.360. The van der Waals surface area contributed by atoms with Crippen LogP contribution in [0.5, 0.6) is 0 Å². The highest BCUT2D eigenvalue weighted by Gasteiger charge is 2.25. The van der Waals surface area contributed by atoms with Crippen molar-refractivity contribution < 1.29 is 9.59 Å². The molecule has 0 fully saturated rings. The van der Waals surface area contributed by atoms with Crippen molar-refractivity contribution in [2.24, 2.45) is 0 Å².